The van der Waals surface area contributed by atoms with Crippen molar-refractivity contribution < 1.29 is 0 Å². The quantitative estimate of drug-likeness (QED) is 0.155. The summed E-state index contributed by atoms with van der Waals surface area (Å²) in [5, 5.41) is 2.52. The number of benzene rings is 9. The van der Waals surface area contributed by atoms with Gasteiger partial charge in [0.15, 0.2) is 0 Å². The normalized spacial score (nSPS) is 11.0. The molecule has 9 aromatic rings. The van der Waals surface area contributed by atoms with Gasteiger partial charge in [-0.15, -0.1) is 0 Å². The molecule has 9 aromatic carbocycles. The van der Waals surface area contributed by atoms with E-state index in [9.17, 15) is 0 Å². The lowest BCUT2D eigenvalue weighted by Crippen LogP contribution is -2.10. The Morgan fingerprint density at radius 2 is 0.623 bits per heavy atom. The topological polar surface area (TPSA) is 3.24 Å². The first kappa shape index (κ1) is 32.0. The third-order valence-electron chi connectivity index (χ3n) is 10.1. The highest BCUT2D eigenvalue weighted by atomic mass is 15.1. The average Bonchev–Trinajstić information content (AvgIpc) is 3.25. The van der Waals surface area contributed by atoms with Gasteiger partial charge in [0.05, 0.1) is 0 Å². The molecule has 0 aliphatic carbocycles. The van der Waals surface area contributed by atoms with Gasteiger partial charge in [-0.1, -0.05) is 182 Å². The summed E-state index contributed by atoms with van der Waals surface area (Å²) in [5.74, 6) is 0. The average molecular weight is 676 g/mol. The Labute approximate surface area is 311 Å². The van der Waals surface area contributed by atoms with Crippen LogP contribution in [0.5, 0.6) is 0 Å². The van der Waals surface area contributed by atoms with Gasteiger partial charge in [0.2, 0.25) is 0 Å². The summed E-state index contributed by atoms with van der Waals surface area (Å²) in [6.07, 6.45) is 0. The van der Waals surface area contributed by atoms with Crippen LogP contribution in [0.25, 0.3) is 66.4 Å². The smallest absolute Gasteiger partial charge is 0.0467 e. The van der Waals surface area contributed by atoms with Crippen LogP contribution in [0, 0.1) is 0 Å². The molecule has 0 aromatic heterocycles. The summed E-state index contributed by atoms with van der Waals surface area (Å²) < 4.78 is 0. The Morgan fingerprint density at radius 1 is 0.226 bits per heavy atom. The molecule has 250 valence electrons. The summed E-state index contributed by atoms with van der Waals surface area (Å²) in [7, 11) is 0. The van der Waals surface area contributed by atoms with Gasteiger partial charge in [0.25, 0.3) is 0 Å². The predicted octanol–water partition coefficient (Wildman–Crippen LogP) is 14.6. The van der Waals surface area contributed by atoms with E-state index in [4.69, 9.17) is 0 Å². The first-order chi connectivity index (χ1) is 26.3. The zero-order chi connectivity index (χ0) is 35.4. The number of rotatable bonds is 8. The third kappa shape index (κ3) is 6.65. The van der Waals surface area contributed by atoms with Crippen molar-refractivity contribution in [2.45, 2.75) is 0 Å². The van der Waals surface area contributed by atoms with Crippen LogP contribution in [0.1, 0.15) is 0 Å². The fourth-order valence-corrected chi connectivity index (χ4v) is 7.34. The van der Waals surface area contributed by atoms with Crippen LogP contribution in [-0.4, -0.2) is 0 Å². The van der Waals surface area contributed by atoms with Gasteiger partial charge in [-0.2, -0.15) is 0 Å². The molecule has 0 radical (unpaired) electrons. The van der Waals surface area contributed by atoms with Gasteiger partial charge >= 0.3 is 0 Å². The lowest BCUT2D eigenvalue weighted by atomic mass is 9.95. The Hall–Kier alpha value is -6.96. The molecule has 0 fully saturated rings. The highest BCUT2D eigenvalue weighted by Gasteiger charge is 2.15. The molecule has 0 aliphatic heterocycles. The molecule has 0 saturated heterocycles. The number of nitrogens with zero attached hydrogens (tertiary/aromatic N) is 1. The van der Waals surface area contributed by atoms with Crippen molar-refractivity contribution >= 4 is 27.8 Å². The van der Waals surface area contributed by atoms with Gasteiger partial charge in [0.1, 0.15) is 0 Å². The molecule has 1 heteroatoms. The van der Waals surface area contributed by atoms with Crippen LogP contribution in [0.4, 0.5) is 17.1 Å². The zero-order valence-corrected chi connectivity index (χ0v) is 29.3. The Balaban J connectivity index is 1.08. The van der Waals surface area contributed by atoms with E-state index in [2.05, 4.69) is 229 Å². The van der Waals surface area contributed by atoms with E-state index in [1.54, 1.807) is 0 Å². The fourth-order valence-electron chi connectivity index (χ4n) is 7.34. The van der Waals surface area contributed by atoms with Crippen molar-refractivity contribution in [3.05, 3.63) is 224 Å². The van der Waals surface area contributed by atoms with E-state index in [1.807, 2.05) is 0 Å². The van der Waals surface area contributed by atoms with Crippen LogP contribution in [-0.2, 0) is 0 Å². The molecular formula is C52H37N. The van der Waals surface area contributed by atoms with Crippen LogP contribution in [0.2, 0.25) is 0 Å². The molecule has 0 amide bonds. The van der Waals surface area contributed by atoms with Crippen LogP contribution in [0.3, 0.4) is 0 Å². The van der Waals surface area contributed by atoms with E-state index in [-0.39, 0.29) is 0 Å². The predicted molar refractivity (Wildman–Crippen MR) is 226 cm³/mol. The number of anilines is 3. The first-order valence-electron chi connectivity index (χ1n) is 18.2. The van der Waals surface area contributed by atoms with Crippen molar-refractivity contribution in [1.29, 1.82) is 0 Å². The van der Waals surface area contributed by atoms with Crippen LogP contribution < -0.4 is 4.90 Å². The van der Waals surface area contributed by atoms with Gasteiger partial charge in [-0.25, -0.2) is 0 Å². The van der Waals surface area contributed by atoms with Crippen LogP contribution in [0.15, 0.2) is 224 Å². The minimum absolute atomic E-state index is 1.10. The molecule has 0 bridgehead atoms. The van der Waals surface area contributed by atoms with Gasteiger partial charge < -0.3 is 4.90 Å². The minimum atomic E-state index is 1.10. The number of hydrogen-bond donors (Lipinski definition) is 0. The Morgan fingerprint density at radius 3 is 1.21 bits per heavy atom. The van der Waals surface area contributed by atoms with E-state index >= 15 is 0 Å². The van der Waals surface area contributed by atoms with Gasteiger partial charge in [-0.05, 0) is 109 Å². The van der Waals surface area contributed by atoms with E-state index < -0.39 is 0 Å². The monoisotopic (exact) mass is 675 g/mol. The van der Waals surface area contributed by atoms with E-state index in [0.717, 1.165) is 17.1 Å². The molecule has 0 saturated carbocycles. The molecule has 0 atom stereocenters. The molecule has 0 spiro atoms. The molecule has 0 unspecified atom stereocenters. The molecule has 0 N–H and O–H groups in total. The van der Waals surface area contributed by atoms with Crippen LogP contribution >= 0.6 is 0 Å². The SMILES string of the molecule is c1ccc(-c2ccc(-c3ccc(N(c4ccc(-c5ccccc5)cc4)c4cccc(-c5cccc(-c6cccc7ccccc67)c5)c4)cc3)cc2)cc1. The van der Waals surface area contributed by atoms with Gasteiger partial charge in [-0.3, -0.25) is 0 Å². The van der Waals surface area contributed by atoms with Gasteiger partial charge in [0, 0.05) is 17.1 Å². The second kappa shape index (κ2) is 14.3. The summed E-state index contributed by atoms with van der Waals surface area (Å²) >= 11 is 0. The molecule has 9 rings (SSSR count). The molecule has 0 heterocycles. The zero-order valence-electron chi connectivity index (χ0n) is 29.3. The summed E-state index contributed by atoms with van der Waals surface area (Å²) in [5.41, 5.74) is 15.4. The molecular weight excluding hydrogens is 639 g/mol. The number of fused-ring (bicyclic) bond motifs is 1. The first-order valence-corrected chi connectivity index (χ1v) is 18.2. The second-order valence-electron chi connectivity index (χ2n) is 13.4. The Bertz CT molecular complexity index is 2620. The second-order valence-corrected chi connectivity index (χ2v) is 13.4. The Kier molecular flexibility index (Phi) is 8.66. The minimum Gasteiger partial charge on any atom is -0.310 e. The molecule has 53 heavy (non-hydrogen) atoms. The maximum Gasteiger partial charge on any atom is 0.0467 e. The largest absolute Gasteiger partial charge is 0.310 e. The fraction of sp³-hybridized carbons (Fsp3) is 0. The highest BCUT2D eigenvalue weighted by Crippen LogP contribution is 2.39. The molecule has 1 nitrogen and oxygen atoms in total. The molecule has 0 aliphatic rings. The van der Waals surface area contributed by atoms with Crippen molar-refractivity contribution in [1.82, 2.24) is 0 Å². The van der Waals surface area contributed by atoms with Crippen molar-refractivity contribution in [3.63, 3.8) is 0 Å². The summed E-state index contributed by atoms with van der Waals surface area (Å²) in [4.78, 5) is 2.36. The van der Waals surface area contributed by atoms with Crippen molar-refractivity contribution in [3.8, 4) is 55.6 Å². The summed E-state index contributed by atoms with van der Waals surface area (Å²) in [6, 6.07) is 80.8. The number of hydrogen-bond acceptors (Lipinski definition) is 1. The maximum atomic E-state index is 2.36. The van der Waals surface area contributed by atoms with E-state index in [0.29, 0.717) is 0 Å². The maximum absolute atomic E-state index is 2.36. The van der Waals surface area contributed by atoms with E-state index in [1.165, 1.54) is 66.4 Å². The third-order valence-corrected chi connectivity index (χ3v) is 10.1. The summed E-state index contributed by atoms with van der Waals surface area (Å²) in [6.45, 7) is 0. The lowest BCUT2D eigenvalue weighted by molar-refractivity contribution is 1.28. The highest BCUT2D eigenvalue weighted by molar-refractivity contribution is 5.97. The standard InChI is InChI=1S/C52H37N/c1-3-12-38(13-4-1)40-24-26-41(27-25-40)43-30-34-49(35-31-43)53(48-32-28-42(29-33-48)39-14-5-2-6-15-39)50-21-10-19-46(37-50)45-18-9-20-47(36-45)52-23-11-17-44-16-7-8-22-51(44)52/h1-37H. The van der Waals surface area contributed by atoms with Crippen molar-refractivity contribution in [2.24, 2.45) is 0 Å². The lowest BCUT2D eigenvalue weighted by Gasteiger charge is -2.26. The van der Waals surface area contributed by atoms with Crippen molar-refractivity contribution in [2.75, 3.05) is 4.90 Å².